The molecule has 3 N–H and O–H groups in total. The quantitative estimate of drug-likeness (QED) is 0.437. The van der Waals surface area contributed by atoms with Gasteiger partial charge in [-0.05, 0) is 53.8 Å². The molecule has 1 aromatic carbocycles. The first-order chi connectivity index (χ1) is 9.06. The highest BCUT2D eigenvalue weighted by Crippen LogP contribution is 2.17. The van der Waals surface area contributed by atoms with Crippen molar-refractivity contribution in [2.45, 2.75) is 6.92 Å². The van der Waals surface area contributed by atoms with Gasteiger partial charge in [0, 0.05) is 14.8 Å². The van der Waals surface area contributed by atoms with Crippen molar-refractivity contribution in [3.8, 4) is 5.75 Å². The lowest BCUT2D eigenvalue weighted by Crippen LogP contribution is -2.18. The molecule has 0 bridgehead atoms. The Bertz CT molecular complexity index is 636. The Kier molecular flexibility index (Phi) is 4.15. The number of aromatic nitrogens is 2. The Morgan fingerprint density at radius 1 is 1.53 bits per heavy atom. The maximum Gasteiger partial charge on any atom is 0.291 e. The fraction of sp³-hybridized carbons (Fsp3) is 0.0833. The number of rotatable bonds is 3. The third-order valence-electron chi connectivity index (χ3n) is 2.30. The van der Waals surface area contributed by atoms with E-state index in [9.17, 15) is 9.90 Å². The summed E-state index contributed by atoms with van der Waals surface area (Å²) >= 11 is 2.13. The molecule has 0 saturated heterocycles. The highest BCUT2D eigenvalue weighted by atomic mass is 127. The number of carbonyl (C=O) groups is 1. The van der Waals surface area contributed by atoms with Crippen LogP contribution in [-0.4, -0.2) is 27.4 Å². The summed E-state index contributed by atoms with van der Waals surface area (Å²) in [6.45, 7) is 1.80. The van der Waals surface area contributed by atoms with Crippen LogP contribution in [0.15, 0.2) is 29.4 Å². The van der Waals surface area contributed by atoms with Crippen LogP contribution in [0.5, 0.6) is 5.75 Å². The minimum absolute atomic E-state index is 0.106. The Labute approximate surface area is 123 Å². The van der Waals surface area contributed by atoms with Gasteiger partial charge in [0.15, 0.2) is 5.69 Å². The van der Waals surface area contributed by atoms with Crippen LogP contribution in [0.1, 0.15) is 21.7 Å². The topological polar surface area (TPSA) is 90.4 Å². The van der Waals surface area contributed by atoms with Gasteiger partial charge in [-0.15, -0.1) is 0 Å². The largest absolute Gasteiger partial charge is 0.507 e. The summed E-state index contributed by atoms with van der Waals surface area (Å²) in [5.74, 6) is -0.306. The number of aryl methyl sites for hydroxylation is 1. The van der Waals surface area contributed by atoms with Crippen LogP contribution in [-0.2, 0) is 0 Å². The fourth-order valence-electron chi connectivity index (χ4n) is 1.38. The Hall–Kier alpha value is -1.90. The van der Waals surface area contributed by atoms with Gasteiger partial charge < -0.3 is 5.11 Å². The van der Waals surface area contributed by atoms with Gasteiger partial charge in [-0.1, -0.05) is 0 Å². The van der Waals surface area contributed by atoms with Gasteiger partial charge in [0.2, 0.25) is 0 Å². The molecule has 0 aliphatic carbocycles. The summed E-state index contributed by atoms with van der Waals surface area (Å²) in [6, 6.07) is 6.72. The molecule has 0 saturated carbocycles. The Balaban J connectivity index is 2.04. The zero-order chi connectivity index (χ0) is 13.8. The lowest BCUT2D eigenvalue weighted by molar-refractivity contribution is 0.0950. The van der Waals surface area contributed by atoms with Gasteiger partial charge in [0.05, 0.1) is 6.21 Å². The summed E-state index contributed by atoms with van der Waals surface area (Å²) in [4.78, 5) is 11.6. The molecule has 0 spiro atoms. The molecule has 1 amide bonds. The van der Waals surface area contributed by atoms with E-state index >= 15 is 0 Å². The van der Waals surface area contributed by atoms with Gasteiger partial charge in [-0.3, -0.25) is 9.89 Å². The highest BCUT2D eigenvalue weighted by Gasteiger charge is 2.07. The Morgan fingerprint density at radius 3 is 3.00 bits per heavy atom. The number of phenolic OH excluding ortho intramolecular Hbond substituents is 1. The van der Waals surface area contributed by atoms with Gasteiger partial charge in [0.1, 0.15) is 5.75 Å². The van der Waals surface area contributed by atoms with Crippen molar-refractivity contribution in [1.82, 2.24) is 15.6 Å². The third kappa shape index (κ3) is 3.53. The monoisotopic (exact) mass is 370 g/mol. The number of nitrogens with one attached hydrogen (secondary N) is 2. The lowest BCUT2D eigenvalue weighted by Gasteiger charge is -1.99. The van der Waals surface area contributed by atoms with Crippen molar-refractivity contribution in [2.24, 2.45) is 5.10 Å². The maximum atomic E-state index is 11.6. The number of amides is 1. The minimum atomic E-state index is -0.411. The second kappa shape index (κ2) is 5.83. The first kappa shape index (κ1) is 13.5. The Morgan fingerprint density at radius 2 is 2.32 bits per heavy atom. The molecule has 2 rings (SSSR count). The number of aromatic hydroxyl groups is 1. The van der Waals surface area contributed by atoms with Crippen LogP contribution in [0, 0.1) is 10.5 Å². The van der Waals surface area contributed by atoms with Gasteiger partial charge in [-0.2, -0.15) is 10.2 Å². The summed E-state index contributed by atoms with van der Waals surface area (Å²) in [7, 11) is 0. The van der Waals surface area contributed by atoms with Gasteiger partial charge >= 0.3 is 0 Å². The molecule has 0 atom stereocenters. The van der Waals surface area contributed by atoms with Crippen LogP contribution in [0.4, 0.5) is 0 Å². The number of benzene rings is 1. The van der Waals surface area contributed by atoms with Crippen LogP contribution >= 0.6 is 22.6 Å². The first-order valence-electron chi connectivity index (χ1n) is 5.40. The van der Waals surface area contributed by atoms with Crippen LogP contribution in [0.25, 0.3) is 0 Å². The number of H-pyrrole nitrogens is 1. The van der Waals surface area contributed by atoms with Gasteiger partial charge in [0.25, 0.3) is 5.91 Å². The van der Waals surface area contributed by atoms with E-state index < -0.39 is 5.91 Å². The van der Waals surface area contributed by atoms with Crippen molar-refractivity contribution < 1.29 is 9.90 Å². The number of aromatic amines is 1. The van der Waals surface area contributed by atoms with Crippen LogP contribution in [0.3, 0.4) is 0 Å². The number of halogens is 1. The van der Waals surface area contributed by atoms with E-state index in [1.807, 2.05) is 0 Å². The maximum absolute atomic E-state index is 11.6. The molecule has 98 valence electrons. The minimum Gasteiger partial charge on any atom is -0.507 e. The number of hydrogen-bond acceptors (Lipinski definition) is 4. The molecule has 0 aliphatic rings. The van der Waals surface area contributed by atoms with Gasteiger partial charge in [-0.25, -0.2) is 5.43 Å². The zero-order valence-electron chi connectivity index (χ0n) is 10.0. The normalized spacial score (nSPS) is 10.8. The number of hydrogen-bond donors (Lipinski definition) is 3. The zero-order valence-corrected chi connectivity index (χ0v) is 12.2. The molecule has 7 heteroatoms. The van der Waals surface area contributed by atoms with Crippen molar-refractivity contribution >= 4 is 34.7 Å². The first-order valence-corrected chi connectivity index (χ1v) is 6.48. The van der Waals surface area contributed by atoms with E-state index in [1.54, 1.807) is 31.2 Å². The summed E-state index contributed by atoms with van der Waals surface area (Å²) in [6.07, 6.45) is 1.38. The number of carbonyl (C=O) groups excluding carboxylic acids is 1. The molecular formula is C12H11IN4O2. The molecule has 0 unspecified atom stereocenters. The molecule has 1 aromatic heterocycles. The second-order valence-corrected chi connectivity index (χ2v) is 5.08. The van der Waals surface area contributed by atoms with Crippen LogP contribution in [0.2, 0.25) is 0 Å². The van der Waals surface area contributed by atoms with E-state index in [0.717, 1.165) is 9.26 Å². The van der Waals surface area contributed by atoms with Crippen molar-refractivity contribution in [2.75, 3.05) is 0 Å². The number of phenols is 1. The van der Waals surface area contributed by atoms with E-state index in [4.69, 9.17) is 0 Å². The van der Waals surface area contributed by atoms with E-state index in [1.165, 1.54) is 6.21 Å². The number of hydrazone groups is 1. The lowest BCUT2D eigenvalue weighted by atomic mass is 10.2. The molecule has 19 heavy (non-hydrogen) atoms. The molecule has 2 aromatic rings. The molecule has 0 radical (unpaired) electrons. The smallest absolute Gasteiger partial charge is 0.291 e. The molecule has 1 heterocycles. The van der Waals surface area contributed by atoms with Crippen molar-refractivity contribution in [3.05, 3.63) is 44.8 Å². The SMILES string of the molecule is Cc1cc(C(=O)NN=Cc2cc(I)ccc2O)n[nH]1. The predicted molar refractivity (Wildman–Crippen MR) is 79.2 cm³/mol. The number of nitrogens with zero attached hydrogens (tertiary/aromatic N) is 2. The highest BCUT2D eigenvalue weighted by molar-refractivity contribution is 14.1. The fourth-order valence-corrected chi connectivity index (χ4v) is 1.90. The standard InChI is InChI=1S/C12H11IN4O2/c1-7-4-10(16-15-7)12(19)17-14-6-8-5-9(13)2-3-11(8)18/h2-6,18H,1H3,(H,15,16)(H,17,19). The predicted octanol–water partition coefficient (Wildman–Crippen LogP) is 1.79. The molecule has 0 aliphatic heterocycles. The van der Waals surface area contributed by atoms with Crippen molar-refractivity contribution in [3.63, 3.8) is 0 Å². The third-order valence-corrected chi connectivity index (χ3v) is 2.97. The average molecular weight is 370 g/mol. The summed E-state index contributed by atoms with van der Waals surface area (Å²) in [5.41, 5.74) is 3.94. The van der Waals surface area contributed by atoms with Crippen molar-refractivity contribution in [1.29, 1.82) is 0 Å². The van der Waals surface area contributed by atoms with E-state index in [-0.39, 0.29) is 11.4 Å². The second-order valence-electron chi connectivity index (χ2n) is 3.84. The summed E-state index contributed by atoms with van der Waals surface area (Å²) in [5, 5.41) is 19.9. The summed E-state index contributed by atoms with van der Waals surface area (Å²) < 4.78 is 0.964. The average Bonchev–Trinajstić information content (AvgIpc) is 2.80. The van der Waals surface area contributed by atoms with E-state index in [2.05, 4.69) is 43.3 Å². The van der Waals surface area contributed by atoms with E-state index in [0.29, 0.717) is 5.56 Å². The molecular weight excluding hydrogens is 359 g/mol. The molecule has 0 fully saturated rings. The van der Waals surface area contributed by atoms with Crippen LogP contribution < -0.4 is 5.43 Å². The molecule has 6 nitrogen and oxygen atoms in total.